The average molecular weight is 311 g/mol. The summed E-state index contributed by atoms with van der Waals surface area (Å²) in [6.07, 6.45) is 1.71. The third-order valence-corrected chi connectivity index (χ3v) is 3.60. The summed E-state index contributed by atoms with van der Waals surface area (Å²) in [5.74, 6) is -0.300. The van der Waals surface area contributed by atoms with Gasteiger partial charge in [-0.05, 0) is 49.8 Å². The fraction of sp³-hybridized carbons (Fsp3) is 0.278. The average Bonchev–Trinajstić information content (AvgIpc) is 2.49. The van der Waals surface area contributed by atoms with Crippen molar-refractivity contribution in [2.24, 2.45) is 4.99 Å². The second-order valence-electron chi connectivity index (χ2n) is 5.75. The number of amides is 1. The van der Waals surface area contributed by atoms with Gasteiger partial charge < -0.3 is 10.2 Å². The van der Waals surface area contributed by atoms with Gasteiger partial charge in [-0.3, -0.25) is 9.59 Å². The van der Waals surface area contributed by atoms with Gasteiger partial charge in [-0.1, -0.05) is 0 Å². The molecule has 0 fully saturated rings. The van der Waals surface area contributed by atoms with Crippen LogP contribution in [0, 0.1) is 0 Å². The molecule has 0 heterocycles. The number of allylic oxidation sites excluding steroid dienone is 3. The molecule has 5 nitrogen and oxygen atoms in total. The minimum Gasteiger partial charge on any atom is -0.378 e. The topological polar surface area (TPSA) is 61.8 Å². The van der Waals surface area contributed by atoms with E-state index in [1.54, 1.807) is 19.9 Å². The van der Waals surface area contributed by atoms with Crippen molar-refractivity contribution in [1.82, 2.24) is 5.32 Å². The third-order valence-electron chi connectivity index (χ3n) is 3.60. The predicted molar refractivity (Wildman–Crippen MR) is 93.1 cm³/mol. The van der Waals surface area contributed by atoms with Crippen molar-refractivity contribution >= 4 is 28.8 Å². The monoisotopic (exact) mass is 311 g/mol. The summed E-state index contributed by atoms with van der Waals surface area (Å²) in [5, 5.41) is 2.72. The van der Waals surface area contributed by atoms with E-state index in [1.807, 2.05) is 43.3 Å². The molecule has 0 saturated carbocycles. The Morgan fingerprint density at radius 2 is 1.74 bits per heavy atom. The molecule has 2 rings (SSSR count). The zero-order chi connectivity index (χ0) is 17.1. The lowest BCUT2D eigenvalue weighted by Gasteiger charge is -2.18. The standard InChI is InChI=1S/C18H21N3O2/c1-11-10-16(17(19-13(3)22)12(2)18(11)23)20-14-6-8-15(9-7-14)21(4)5/h6-10H,1-5H3,(H,19,22). The quantitative estimate of drug-likeness (QED) is 0.873. The Morgan fingerprint density at radius 3 is 2.26 bits per heavy atom. The smallest absolute Gasteiger partial charge is 0.221 e. The molecule has 0 aromatic heterocycles. The molecule has 0 bridgehead atoms. The minimum absolute atomic E-state index is 0.0735. The minimum atomic E-state index is -0.226. The highest BCUT2D eigenvalue weighted by molar-refractivity contribution is 6.25. The van der Waals surface area contributed by atoms with Crippen LogP contribution in [0.25, 0.3) is 0 Å². The maximum atomic E-state index is 12.1. The fourth-order valence-electron chi connectivity index (χ4n) is 2.33. The summed E-state index contributed by atoms with van der Waals surface area (Å²) >= 11 is 0. The summed E-state index contributed by atoms with van der Waals surface area (Å²) in [5.41, 5.74) is 4.02. The molecular formula is C18H21N3O2. The van der Waals surface area contributed by atoms with Crippen molar-refractivity contribution < 1.29 is 9.59 Å². The predicted octanol–water partition coefficient (Wildman–Crippen LogP) is 2.76. The molecule has 23 heavy (non-hydrogen) atoms. The highest BCUT2D eigenvalue weighted by atomic mass is 16.1. The number of nitrogens with one attached hydrogen (secondary N) is 1. The third kappa shape index (κ3) is 3.74. The van der Waals surface area contributed by atoms with Gasteiger partial charge in [0.1, 0.15) is 0 Å². The zero-order valence-corrected chi connectivity index (χ0v) is 14.1. The van der Waals surface area contributed by atoms with Crippen LogP contribution in [-0.4, -0.2) is 31.5 Å². The van der Waals surface area contributed by atoms with Crippen LogP contribution in [-0.2, 0) is 9.59 Å². The summed E-state index contributed by atoms with van der Waals surface area (Å²) in [6, 6.07) is 7.75. The molecule has 0 spiro atoms. The van der Waals surface area contributed by atoms with E-state index in [9.17, 15) is 9.59 Å². The fourth-order valence-corrected chi connectivity index (χ4v) is 2.33. The molecular weight excluding hydrogens is 290 g/mol. The molecule has 1 N–H and O–H groups in total. The number of carbonyl (C=O) groups excluding carboxylic acids is 2. The molecule has 0 aliphatic heterocycles. The van der Waals surface area contributed by atoms with Crippen molar-refractivity contribution in [2.75, 3.05) is 19.0 Å². The van der Waals surface area contributed by atoms with Crippen LogP contribution >= 0.6 is 0 Å². The van der Waals surface area contributed by atoms with Gasteiger partial charge in [0.05, 0.1) is 17.1 Å². The van der Waals surface area contributed by atoms with Crippen molar-refractivity contribution in [1.29, 1.82) is 0 Å². The number of hydrogen-bond donors (Lipinski definition) is 1. The first-order chi connectivity index (χ1) is 10.8. The Labute approximate surface area is 136 Å². The Hall–Kier alpha value is -2.69. The van der Waals surface area contributed by atoms with Gasteiger partial charge in [0, 0.05) is 32.3 Å². The van der Waals surface area contributed by atoms with E-state index in [0.29, 0.717) is 22.6 Å². The Kier molecular flexibility index (Phi) is 4.79. The van der Waals surface area contributed by atoms with E-state index in [-0.39, 0.29) is 11.7 Å². The SMILES string of the molecule is CC(=O)NC1=C(C)C(=O)C(C)=CC1=Nc1ccc(N(C)C)cc1. The number of anilines is 1. The maximum Gasteiger partial charge on any atom is 0.221 e. The van der Waals surface area contributed by atoms with E-state index >= 15 is 0 Å². The number of aliphatic imine (C=N–C) groups is 1. The van der Waals surface area contributed by atoms with E-state index in [1.165, 1.54) is 6.92 Å². The van der Waals surface area contributed by atoms with Crippen LogP contribution in [0.15, 0.2) is 52.2 Å². The number of ketones is 1. The number of carbonyl (C=O) groups is 2. The van der Waals surface area contributed by atoms with Gasteiger partial charge in [-0.15, -0.1) is 0 Å². The molecule has 0 saturated heterocycles. The van der Waals surface area contributed by atoms with E-state index < -0.39 is 0 Å². The molecule has 5 heteroatoms. The second kappa shape index (κ2) is 6.60. The first-order valence-corrected chi connectivity index (χ1v) is 7.37. The van der Waals surface area contributed by atoms with E-state index in [0.717, 1.165) is 11.4 Å². The number of rotatable bonds is 3. The lowest BCUT2D eigenvalue weighted by atomic mass is 9.94. The molecule has 1 aliphatic carbocycles. The molecule has 0 atom stereocenters. The van der Waals surface area contributed by atoms with Crippen LogP contribution in [0.5, 0.6) is 0 Å². The molecule has 120 valence electrons. The Bertz CT molecular complexity index is 738. The first-order valence-electron chi connectivity index (χ1n) is 7.37. The van der Waals surface area contributed by atoms with Gasteiger partial charge in [0.25, 0.3) is 0 Å². The molecule has 0 radical (unpaired) electrons. The Balaban J connectivity index is 2.44. The number of hydrogen-bond acceptors (Lipinski definition) is 4. The van der Waals surface area contributed by atoms with E-state index in [2.05, 4.69) is 10.3 Å². The molecule has 1 aromatic carbocycles. The van der Waals surface area contributed by atoms with Crippen LogP contribution < -0.4 is 10.2 Å². The van der Waals surface area contributed by atoms with Crippen LogP contribution in [0.1, 0.15) is 20.8 Å². The van der Waals surface area contributed by atoms with Crippen LogP contribution in [0.4, 0.5) is 11.4 Å². The van der Waals surface area contributed by atoms with Crippen molar-refractivity contribution in [2.45, 2.75) is 20.8 Å². The summed E-state index contributed by atoms with van der Waals surface area (Å²) < 4.78 is 0. The lowest BCUT2D eigenvalue weighted by molar-refractivity contribution is -0.118. The van der Waals surface area contributed by atoms with Crippen molar-refractivity contribution in [3.63, 3.8) is 0 Å². The molecule has 1 aliphatic rings. The van der Waals surface area contributed by atoms with Gasteiger partial charge in [-0.25, -0.2) is 4.99 Å². The first kappa shape index (κ1) is 16.7. The van der Waals surface area contributed by atoms with Crippen LogP contribution in [0.2, 0.25) is 0 Å². The molecule has 0 unspecified atom stereocenters. The number of benzene rings is 1. The zero-order valence-electron chi connectivity index (χ0n) is 14.1. The van der Waals surface area contributed by atoms with Gasteiger partial charge in [0.15, 0.2) is 5.78 Å². The van der Waals surface area contributed by atoms with Gasteiger partial charge >= 0.3 is 0 Å². The van der Waals surface area contributed by atoms with Crippen LogP contribution in [0.3, 0.4) is 0 Å². The molecule has 1 aromatic rings. The van der Waals surface area contributed by atoms with E-state index in [4.69, 9.17) is 0 Å². The molecule has 1 amide bonds. The number of nitrogens with zero attached hydrogens (tertiary/aromatic N) is 2. The number of Topliss-reactive ketones (excluding diaryl/α,β-unsaturated/α-hetero) is 1. The highest BCUT2D eigenvalue weighted by Gasteiger charge is 2.22. The van der Waals surface area contributed by atoms with Gasteiger partial charge in [-0.2, -0.15) is 0 Å². The normalized spacial score (nSPS) is 16.5. The van der Waals surface area contributed by atoms with Crippen molar-refractivity contribution in [3.05, 3.63) is 47.2 Å². The maximum absolute atomic E-state index is 12.1. The summed E-state index contributed by atoms with van der Waals surface area (Å²) in [6.45, 7) is 4.87. The summed E-state index contributed by atoms with van der Waals surface area (Å²) in [7, 11) is 3.95. The summed E-state index contributed by atoms with van der Waals surface area (Å²) in [4.78, 5) is 30.1. The largest absolute Gasteiger partial charge is 0.378 e. The van der Waals surface area contributed by atoms with Gasteiger partial charge in [0.2, 0.25) is 5.91 Å². The Morgan fingerprint density at radius 1 is 1.13 bits per heavy atom. The van der Waals surface area contributed by atoms with Crippen molar-refractivity contribution in [3.8, 4) is 0 Å². The second-order valence-corrected chi connectivity index (χ2v) is 5.75. The lowest BCUT2D eigenvalue weighted by Crippen LogP contribution is -2.30. The highest BCUT2D eigenvalue weighted by Crippen LogP contribution is 2.23.